The maximum atomic E-state index is 13.0. The van der Waals surface area contributed by atoms with E-state index < -0.39 is 9.05 Å². The molecule has 6 heteroatoms. The number of hydrogen-bond acceptors (Lipinski definition) is 3. The van der Waals surface area contributed by atoms with Gasteiger partial charge in [-0.15, -0.1) is 0 Å². The smallest absolute Gasteiger partial charge is 0.232 e. The van der Waals surface area contributed by atoms with Crippen molar-refractivity contribution in [2.24, 2.45) is 0 Å². The normalized spacial score (nSPS) is 11.5. The molecule has 0 aliphatic carbocycles. The molecule has 1 aromatic carbocycles. The summed E-state index contributed by atoms with van der Waals surface area (Å²) in [5.74, 6) is 0.434. The largest absolute Gasteiger partial charge is 0.494 e. The Bertz CT molecular complexity index is 503. The summed E-state index contributed by atoms with van der Waals surface area (Å²) in [5, 5.41) is 0. The molecule has 0 amide bonds. The lowest BCUT2D eigenvalue weighted by Gasteiger charge is -2.07. The van der Waals surface area contributed by atoms with Gasteiger partial charge in [0.15, 0.2) is 0 Å². The quantitative estimate of drug-likeness (QED) is 0.544. The fourth-order valence-corrected chi connectivity index (χ4v) is 2.50. The van der Waals surface area contributed by atoms with Gasteiger partial charge in [-0.2, -0.15) is 0 Å². The molecule has 1 aromatic rings. The second-order valence-corrected chi connectivity index (χ2v) is 7.31. The highest BCUT2D eigenvalue weighted by Crippen LogP contribution is 2.16. The van der Waals surface area contributed by atoms with Crippen LogP contribution in [0.4, 0.5) is 4.39 Å². The van der Waals surface area contributed by atoms with E-state index in [2.05, 4.69) is 0 Å². The molecule has 0 aliphatic rings. The third-order valence-corrected chi connectivity index (χ3v) is 3.92. The molecule has 0 heterocycles. The highest BCUT2D eigenvalue weighted by atomic mass is 35.7. The summed E-state index contributed by atoms with van der Waals surface area (Å²) in [6.45, 7) is 2.23. The predicted octanol–water partition coefficient (Wildman–Crippen LogP) is 3.64. The molecule has 0 aromatic heterocycles. The molecule has 0 fully saturated rings. The molecule has 0 N–H and O–H groups in total. The minimum atomic E-state index is -3.36. The van der Waals surface area contributed by atoms with Crippen molar-refractivity contribution in [3.63, 3.8) is 0 Å². The highest BCUT2D eigenvalue weighted by molar-refractivity contribution is 8.13. The van der Waals surface area contributed by atoms with Crippen molar-refractivity contribution >= 4 is 19.7 Å². The van der Waals surface area contributed by atoms with E-state index in [1.807, 2.05) is 0 Å². The lowest BCUT2D eigenvalue weighted by molar-refractivity contribution is 0.304. The van der Waals surface area contributed by atoms with Crippen molar-refractivity contribution in [2.75, 3.05) is 12.4 Å². The number of ether oxygens (including phenoxy) is 1. The zero-order chi connectivity index (χ0) is 14.3. The molecular weight excluding hydrogens is 291 g/mol. The molecule has 0 saturated heterocycles. The average molecular weight is 309 g/mol. The zero-order valence-corrected chi connectivity index (χ0v) is 12.4. The van der Waals surface area contributed by atoms with Crippen molar-refractivity contribution in [3.8, 4) is 5.75 Å². The van der Waals surface area contributed by atoms with Gasteiger partial charge in [-0.05, 0) is 43.5 Å². The summed E-state index contributed by atoms with van der Waals surface area (Å²) in [6.07, 6.45) is 3.09. The minimum absolute atomic E-state index is 0.0204. The van der Waals surface area contributed by atoms with E-state index >= 15 is 0 Å². The van der Waals surface area contributed by atoms with Crippen LogP contribution in [-0.4, -0.2) is 20.8 Å². The van der Waals surface area contributed by atoms with Gasteiger partial charge in [0.2, 0.25) is 9.05 Å². The van der Waals surface area contributed by atoms with Crippen LogP contribution in [0.15, 0.2) is 18.2 Å². The van der Waals surface area contributed by atoms with Crippen LogP contribution in [0, 0.1) is 12.7 Å². The maximum absolute atomic E-state index is 13.0. The van der Waals surface area contributed by atoms with Crippen molar-refractivity contribution < 1.29 is 17.5 Å². The van der Waals surface area contributed by atoms with E-state index in [1.54, 1.807) is 19.1 Å². The molecule has 0 spiro atoms. The zero-order valence-electron chi connectivity index (χ0n) is 10.9. The Morgan fingerprint density at radius 3 is 2.53 bits per heavy atom. The Labute approximate surface area is 118 Å². The van der Waals surface area contributed by atoms with E-state index in [1.165, 1.54) is 6.07 Å². The van der Waals surface area contributed by atoms with Gasteiger partial charge in [0.05, 0.1) is 12.4 Å². The monoisotopic (exact) mass is 308 g/mol. The first kappa shape index (κ1) is 16.2. The van der Waals surface area contributed by atoms with E-state index in [0.717, 1.165) is 19.3 Å². The lowest BCUT2D eigenvalue weighted by atomic mass is 10.2. The lowest BCUT2D eigenvalue weighted by Crippen LogP contribution is -2.00. The second-order valence-electron chi connectivity index (χ2n) is 4.42. The van der Waals surface area contributed by atoms with Gasteiger partial charge in [0, 0.05) is 10.7 Å². The molecule has 0 unspecified atom stereocenters. The van der Waals surface area contributed by atoms with Gasteiger partial charge in [0.1, 0.15) is 11.6 Å². The first-order chi connectivity index (χ1) is 8.88. The third kappa shape index (κ3) is 7.38. The van der Waals surface area contributed by atoms with Gasteiger partial charge < -0.3 is 4.74 Å². The number of hydrogen-bond donors (Lipinski definition) is 0. The van der Waals surface area contributed by atoms with E-state index in [9.17, 15) is 12.8 Å². The number of aryl methyl sites for hydroxylation is 1. The summed E-state index contributed by atoms with van der Waals surface area (Å²) in [4.78, 5) is 0. The molecule has 0 atom stereocenters. The molecule has 0 radical (unpaired) electrons. The Hall–Kier alpha value is -0.810. The molecule has 1 rings (SSSR count). The first-order valence-corrected chi connectivity index (χ1v) is 8.67. The Balaban J connectivity index is 2.12. The molecule has 0 bridgehead atoms. The van der Waals surface area contributed by atoms with Crippen LogP contribution < -0.4 is 4.74 Å². The van der Waals surface area contributed by atoms with Crippen LogP contribution in [0.1, 0.15) is 31.2 Å². The summed E-state index contributed by atoms with van der Waals surface area (Å²) in [5.41, 5.74) is 0.560. The standard InChI is InChI=1S/C13H18ClFO3S/c1-11-10-12(6-7-13(11)15)18-8-4-2-3-5-9-19(14,16)17/h6-7,10H,2-5,8-9H2,1H3. The molecule has 0 aliphatic heterocycles. The van der Waals surface area contributed by atoms with Gasteiger partial charge >= 0.3 is 0 Å². The fraction of sp³-hybridized carbons (Fsp3) is 0.538. The molecular formula is C13H18ClFO3S. The van der Waals surface area contributed by atoms with Crippen molar-refractivity contribution in [1.29, 1.82) is 0 Å². The molecule has 108 valence electrons. The molecule has 19 heavy (non-hydrogen) atoms. The van der Waals surface area contributed by atoms with Crippen molar-refractivity contribution in [2.45, 2.75) is 32.6 Å². The molecule has 3 nitrogen and oxygen atoms in total. The number of unbranched alkanes of at least 4 members (excludes halogenated alkanes) is 3. The Morgan fingerprint density at radius 1 is 1.21 bits per heavy atom. The summed E-state index contributed by atoms with van der Waals surface area (Å²) < 4.78 is 39.8. The van der Waals surface area contributed by atoms with Crippen molar-refractivity contribution in [3.05, 3.63) is 29.6 Å². The van der Waals surface area contributed by atoms with Gasteiger partial charge in [-0.25, -0.2) is 12.8 Å². The Morgan fingerprint density at radius 2 is 1.89 bits per heavy atom. The van der Waals surface area contributed by atoms with Gasteiger partial charge in [-0.3, -0.25) is 0 Å². The van der Waals surface area contributed by atoms with Crippen LogP contribution in [0.3, 0.4) is 0 Å². The topological polar surface area (TPSA) is 43.4 Å². The van der Waals surface area contributed by atoms with Crippen LogP contribution in [0.5, 0.6) is 5.75 Å². The van der Waals surface area contributed by atoms with Crippen LogP contribution in [0.2, 0.25) is 0 Å². The highest BCUT2D eigenvalue weighted by Gasteiger charge is 2.04. The Kier molecular flexibility index (Phi) is 6.58. The number of benzene rings is 1. The second kappa shape index (κ2) is 7.70. The number of halogens is 2. The van der Waals surface area contributed by atoms with Gasteiger partial charge in [0.25, 0.3) is 0 Å². The van der Waals surface area contributed by atoms with E-state index in [4.69, 9.17) is 15.4 Å². The molecule has 0 saturated carbocycles. The fourth-order valence-electron chi connectivity index (χ4n) is 1.63. The number of rotatable bonds is 8. The van der Waals surface area contributed by atoms with Crippen LogP contribution in [0.25, 0.3) is 0 Å². The minimum Gasteiger partial charge on any atom is -0.494 e. The average Bonchev–Trinajstić information content (AvgIpc) is 2.31. The third-order valence-electron chi connectivity index (χ3n) is 2.68. The summed E-state index contributed by atoms with van der Waals surface area (Å²) >= 11 is 0. The SMILES string of the molecule is Cc1cc(OCCCCCCS(=O)(=O)Cl)ccc1F. The summed E-state index contributed by atoms with van der Waals surface area (Å²) in [7, 11) is 1.73. The van der Waals surface area contributed by atoms with Gasteiger partial charge in [-0.1, -0.05) is 12.8 Å². The van der Waals surface area contributed by atoms with Crippen LogP contribution >= 0.6 is 10.7 Å². The predicted molar refractivity (Wildman–Crippen MR) is 74.7 cm³/mol. The summed E-state index contributed by atoms with van der Waals surface area (Å²) in [6, 6.07) is 4.65. The van der Waals surface area contributed by atoms with Crippen molar-refractivity contribution in [1.82, 2.24) is 0 Å². The first-order valence-electron chi connectivity index (χ1n) is 6.20. The van der Waals surface area contributed by atoms with Crippen LogP contribution in [-0.2, 0) is 9.05 Å². The van der Waals surface area contributed by atoms with E-state index in [-0.39, 0.29) is 11.6 Å². The maximum Gasteiger partial charge on any atom is 0.232 e. The van der Waals surface area contributed by atoms with E-state index in [0.29, 0.717) is 24.3 Å².